The molecule has 2 aromatic carbocycles. The minimum atomic E-state index is -0.484. The maximum Gasteiger partial charge on any atom is 0.251 e. The Labute approximate surface area is 180 Å². The van der Waals surface area contributed by atoms with Crippen molar-refractivity contribution in [3.63, 3.8) is 0 Å². The minimum Gasteiger partial charge on any atom is -0.493 e. The first-order chi connectivity index (χ1) is 15.1. The fourth-order valence-corrected chi connectivity index (χ4v) is 4.51. The molecule has 2 aromatic rings. The van der Waals surface area contributed by atoms with E-state index in [2.05, 4.69) is 4.90 Å². The highest BCUT2D eigenvalue weighted by Crippen LogP contribution is 2.38. The Bertz CT molecular complexity index is 1050. The SMILES string of the molecule is COc1cc2c(cc1OC)CN([C@H]1CC(=O)N(c3ccc4c(c3)OCCO4)C1=O)CC2. The van der Waals surface area contributed by atoms with Crippen molar-refractivity contribution in [2.45, 2.75) is 25.4 Å². The van der Waals surface area contributed by atoms with Crippen LogP contribution in [0, 0.1) is 0 Å². The zero-order chi connectivity index (χ0) is 21.5. The molecule has 8 nitrogen and oxygen atoms in total. The molecule has 0 radical (unpaired) electrons. The zero-order valence-corrected chi connectivity index (χ0v) is 17.6. The monoisotopic (exact) mass is 424 g/mol. The van der Waals surface area contributed by atoms with Crippen LogP contribution in [-0.2, 0) is 22.6 Å². The Balaban J connectivity index is 1.38. The second-order valence-electron chi connectivity index (χ2n) is 7.81. The normalized spacial score (nSPS) is 20.6. The lowest BCUT2D eigenvalue weighted by molar-refractivity contribution is -0.123. The van der Waals surface area contributed by atoms with Gasteiger partial charge in [0.2, 0.25) is 5.91 Å². The quantitative estimate of drug-likeness (QED) is 0.696. The van der Waals surface area contributed by atoms with Gasteiger partial charge >= 0.3 is 0 Å². The lowest BCUT2D eigenvalue weighted by atomic mass is 9.97. The molecule has 2 amide bonds. The lowest BCUT2D eigenvalue weighted by Gasteiger charge is -2.32. The van der Waals surface area contributed by atoms with Gasteiger partial charge in [-0.1, -0.05) is 0 Å². The average Bonchev–Trinajstić information content (AvgIpc) is 3.11. The Kier molecular flexibility index (Phi) is 4.94. The number of rotatable bonds is 4. The number of ether oxygens (including phenoxy) is 4. The summed E-state index contributed by atoms with van der Waals surface area (Å²) in [6, 6.07) is 8.65. The largest absolute Gasteiger partial charge is 0.493 e. The van der Waals surface area contributed by atoms with Crippen LogP contribution in [0.4, 0.5) is 5.69 Å². The average molecular weight is 424 g/mol. The first kappa shape index (κ1) is 19.7. The van der Waals surface area contributed by atoms with Crippen LogP contribution in [0.5, 0.6) is 23.0 Å². The van der Waals surface area contributed by atoms with Crippen molar-refractivity contribution in [3.8, 4) is 23.0 Å². The van der Waals surface area contributed by atoms with Crippen LogP contribution >= 0.6 is 0 Å². The topological polar surface area (TPSA) is 77.5 Å². The molecular weight excluding hydrogens is 400 g/mol. The van der Waals surface area contributed by atoms with Gasteiger partial charge in [-0.2, -0.15) is 0 Å². The molecule has 162 valence electrons. The van der Waals surface area contributed by atoms with Crippen LogP contribution in [0.2, 0.25) is 0 Å². The summed E-state index contributed by atoms with van der Waals surface area (Å²) in [6.45, 7) is 2.21. The molecule has 0 bridgehead atoms. The van der Waals surface area contributed by atoms with E-state index < -0.39 is 6.04 Å². The van der Waals surface area contributed by atoms with Crippen LogP contribution in [0.3, 0.4) is 0 Å². The Hall–Kier alpha value is -3.26. The van der Waals surface area contributed by atoms with Crippen molar-refractivity contribution in [1.29, 1.82) is 0 Å². The van der Waals surface area contributed by atoms with Gasteiger partial charge in [0.1, 0.15) is 13.2 Å². The Morgan fingerprint density at radius 2 is 1.65 bits per heavy atom. The predicted octanol–water partition coefficient (Wildman–Crippen LogP) is 2.17. The summed E-state index contributed by atoms with van der Waals surface area (Å²) in [6.07, 6.45) is 0.938. The maximum absolute atomic E-state index is 13.3. The highest BCUT2D eigenvalue weighted by atomic mass is 16.6. The van der Waals surface area contributed by atoms with E-state index in [1.54, 1.807) is 32.4 Å². The molecular formula is C23H24N2O6. The first-order valence-corrected chi connectivity index (χ1v) is 10.3. The molecule has 8 heteroatoms. The molecule has 0 spiro atoms. The first-order valence-electron chi connectivity index (χ1n) is 10.3. The second kappa shape index (κ2) is 7.77. The standard InChI is InChI=1S/C23H24N2O6/c1-28-19-9-14-5-6-24(13-15(14)10-20(19)29-2)17-12-22(26)25(23(17)27)16-3-4-18-21(11-16)31-8-7-30-18/h3-4,9-11,17H,5-8,12-13H2,1-2H3/t17-/m0/s1. The maximum atomic E-state index is 13.3. The summed E-state index contributed by atoms with van der Waals surface area (Å²) < 4.78 is 22.0. The van der Waals surface area contributed by atoms with Crippen LogP contribution in [-0.4, -0.2) is 56.7 Å². The van der Waals surface area contributed by atoms with E-state index in [1.165, 1.54) is 10.5 Å². The van der Waals surface area contributed by atoms with Gasteiger partial charge in [0.25, 0.3) is 5.91 Å². The van der Waals surface area contributed by atoms with E-state index in [0.717, 1.165) is 12.0 Å². The predicted molar refractivity (Wildman–Crippen MR) is 112 cm³/mol. The van der Waals surface area contributed by atoms with Gasteiger partial charge in [-0.05, 0) is 41.8 Å². The third-order valence-corrected chi connectivity index (χ3v) is 6.10. The Morgan fingerprint density at radius 3 is 2.39 bits per heavy atom. The summed E-state index contributed by atoms with van der Waals surface area (Å²) in [5, 5.41) is 0. The molecule has 1 atom stereocenters. The summed E-state index contributed by atoms with van der Waals surface area (Å²) in [5.41, 5.74) is 2.78. The summed E-state index contributed by atoms with van der Waals surface area (Å²) >= 11 is 0. The third-order valence-electron chi connectivity index (χ3n) is 6.10. The molecule has 0 saturated carbocycles. The number of carbonyl (C=O) groups excluding carboxylic acids is 2. The van der Waals surface area contributed by atoms with Gasteiger partial charge in [0.05, 0.1) is 32.4 Å². The fourth-order valence-electron chi connectivity index (χ4n) is 4.51. The van der Waals surface area contributed by atoms with E-state index in [1.807, 2.05) is 12.1 Å². The highest BCUT2D eigenvalue weighted by Gasteiger charge is 2.43. The van der Waals surface area contributed by atoms with Gasteiger partial charge in [0.15, 0.2) is 23.0 Å². The number of hydrogen-bond donors (Lipinski definition) is 0. The van der Waals surface area contributed by atoms with Crippen LogP contribution < -0.4 is 23.8 Å². The molecule has 0 aliphatic carbocycles. The van der Waals surface area contributed by atoms with Gasteiger partial charge in [-0.3, -0.25) is 14.5 Å². The summed E-state index contributed by atoms with van der Waals surface area (Å²) in [5.74, 6) is 2.14. The molecule has 3 aliphatic heterocycles. The third kappa shape index (κ3) is 3.37. The van der Waals surface area contributed by atoms with Crippen molar-refractivity contribution in [2.75, 3.05) is 38.9 Å². The number of fused-ring (bicyclic) bond motifs is 2. The number of amides is 2. The summed E-state index contributed by atoms with van der Waals surface area (Å²) in [7, 11) is 3.23. The molecule has 0 aromatic heterocycles. The molecule has 1 fully saturated rings. The van der Waals surface area contributed by atoms with E-state index >= 15 is 0 Å². The number of nitrogens with zero attached hydrogens (tertiary/aromatic N) is 2. The molecule has 0 N–H and O–H groups in total. The molecule has 5 rings (SSSR count). The van der Waals surface area contributed by atoms with Gasteiger partial charge in [-0.15, -0.1) is 0 Å². The number of benzene rings is 2. The van der Waals surface area contributed by atoms with Crippen LogP contribution in [0.1, 0.15) is 17.5 Å². The number of hydrogen-bond acceptors (Lipinski definition) is 7. The van der Waals surface area contributed by atoms with Crippen molar-refractivity contribution in [3.05, 3.63) is 41.5 Å². The number of carbonyl (C=O) groups is 2. The van der Waals surface area contributed by atoms with Crippen molar-refractivity contribution >= 4 is 17.5 Å². The number of anilines is 1. The van der Waals surface area contributed by atoms with Crippen LogP contribution in [0.25, 0.3) is 0 Å². The molecule has 3 aliphatic rings. The van der Waals surface area contributed by atoms with E-state index in [-0.39, 0.29) is 18.2 Å². The lowest BCUT2D eigenvalue weighted by Crippen LogP contribution is -2.44. The van der Waals surface area contributed by atoms with Crippen molar-refractivity contribution in [2.24, 2.45) is 0 Å². The zero-order valence-electron chi connectivity index (χ0n) is 17.6. The van der Waals surface area contributed by atoms with Crippen molar-refractivity contribution < 1.29 is 28.5 Å². The molecule has 3 heterocycles. The van der Waals surface area contributed by atoms with E-state index in [4.69, 9.17) is 18.9 Å². The summed E-state index contributed by atoms with van der Waals surface area (Å²) in [4.78, 5) is 29.4. The molecule has 31 heavy (non-hydrogen) atoms. The van der Waals surface area contributed by atoms with E-state index in [9.17, 15) is 9.59 Å². The second-order valence-corrected chi connectivity index (χ2v) is 7.81. The molecule has 0 unspecified atom stereocenters. The van der Waals surface area contributed by atoms with Gasteiger partial charge < -0.3 is 18.9 Å². The van der Waals surface area contributed by atoms with E-state index in [0.29, 0.717) is 55.0 Å². The smallest absolute Gasteiger partial charge is 0.251 e. The fraction of sp³-hybridized carbons (Fsp3) is 0.391. The number of methoxy groups -OCH3 is 2. The highest BCUT2D eigenvalue weighted by molar-refractivity contribution is 6.22. The number of imide groups is 1. The van der Waals surface area contributed by atoms with Crippen LogP contribution in [0.15, 0.2) is 30.3 Å². The van der Waals surface area contributed by atoms with Gasteiger partial charge in [0, 0.05) is 19.2 Å². The van der Waals surface area contributed by atoms with Crippen molar-refractivity contribution in [1.82, 2.24) is 4.90 Å². The Morgan fingerprint density at radius 1 is 0.935 bits per heavy atom. The molecule has 1 saturated heterocycles. The minimum absolute atomic E-state index is 0.163. The van der Waals surface area contributed by atoms with Gasteiger partial charge in [-0.25, -0.2) is 4.90 Å².